The van der Waals surface area contributed by atoms with Crippen LogP contribution in [-0.2, 0) is 19.4 Å². The molecule has 0 amide bonds. The van der Waals surface area contributed by atoms with Crippen molar-refractivity contribution in [3.63, 3.8) is 0 Å². The lowest BCUT2D eigenvalue weighted by atomic mass is 10.1. The molecule has 0 bridgehead atoms. The van der Waals surface area contributed by atoms with E-state index >= 15 is 0 Å². The number of halogens is 1. The Morgan fingerprint density at radius 1 is 1.29 bits per heavy atom. The normalized spacial score (nSPS) is 15.6. The molecule has 8 nitrogen and oxygen atoms in total. The fourth-order valence-electron chi connectivity index (χ4n) is 3.68. The first-order valence-electron chi connectivity index (χ1n) is 10.9. The number of methoxy groups -OCH3 is 1. The van der Waals surface area contributed by atoms with Crippen molar-refractivity contribution >= 4 is 29.9 Å². The SMILES string of the molecule is CCNC(=NCCCc1ccc(OC)c(OCC)c1)NC1CCc2nc(C)nn2C1.I. The molecule has 1 aromatic heterocycles. The third-order valence-corrected chi connectivity index (χ3v) is 5.07. The van der Waals surface area contributed by atoms with E-state index in [1.807, 2.05) is 24.6 Å². The maximum atomic E-state index is 5.67. The van der Waals surface area contributed by atoms with E-state index < -0.39 is 0 Å². The number of nitrogens with one attached hydrogen (secondary N) is 2. The summed E-state index contributed by atoms with van der Waals surface area (Å²) in [4.78, 5) is 9.25. The molecule has 0 fully saturated rings. The second-order valence-corrected chi connectivity index (χ2v) is 7.42. The van der Waals surface area contributed by atoms with Crippen LogP contribution in [0.25, 0.3) is 0 Å². The van der Waals surface area contributed by atoms with E-state index in [0.29, 0.717) is 12.6 Å². The van der Waals surface area contributed by atoms with Gasteiger partial charge in [-0.3, -0.25) is 4.99 Å². The largest absolute Gasteiger partial charge is 0.493 e. The van der Waals surface area contributed by atoms with Crippen molar-refractivity contribution in [2.45, 2.75) is 59.0 Å². The van der Waals surface area contributed by atoms with Crippen LogP contribution >= 0.6 is 24.0 Å². The van der Waals surface area contributed by atoms with Crippen LogP contribution in [0.5, 0.6) is 11.5 Å². The molecule has 0 spiro atoms. The van der Waals surface area contributed by atoms with Gasteiger partial charge in [-0.05, 0) is 57.7 Å². The number of fused-ring (bicyclic) bond motifs is 1. The van der Waals surface area contributed by atoms with Gasteiger partial charge in [0.2, 0.25) is 0 Å². The molecule has 1 aliphatic rings. The average Bonchev–Trinajstić information content (AvgIpc) is 3.11. The van der Waals surface area contributed by atoms with Crippen molar-refractivity contribution in [2.24, 2.45) is 4.99 Å². The predicted octanol–water partition coefficient (Wildman–Crippen LogP) is 3.11. The van der Waals surface area contributed by atoms with E-state index in [2.05, 4.69) is 39.8 Å². The van der Waals surface area contributed by atoms with Gasteiger partial charge in [-0.2, -0.15) is 5.10 Å². The van der Waals surface area contributed by atoms with Crippen LogP contribution in [0, 0.1) is 6.92 Å². The van der Waals surface area contributed by atoms with E-state index in [0.717, 1.165) is 74.4 Å². The second-order valence-electron chi connectivity index (χ2n) is 7.42. The molecule has 1 aliphatic heterocycles. The minimum Gasteiger partial charge on any atom is -0.493 e. The molecule has 1 atom stereocenters. The van der Waals surface area contributed by atoms with Gasteiger partial charge in [-0.15, -0.1) is 24.0 Å². The molecule has 0 saturated carbocycles. The van der Waals surface area contributed by atoms with E-state index in [1.165, 1.54) is 5.56 Å². The highest BCUT2D eigenvalue weighted by atomic mass is 127. The minimum absolute atomic E-state index is 0. The van der Waals surface area contributed by atoms with Gasteiger partial charge < -0.3 is 20.1 Å². The number of guanidine groups is 1. The van der Waals surface area contributed by atoms with Gasteiger partial charge in [0.1, 0.15) is 11.6 Å². The zero-order chi connectivity index (χ0) is 21.3. The number of rotatable bonds is 9. The summed E-state index contributed by atoms with van der Waals surface area (Å²) in [5, 5.41) is 11.4. The summed E-state index contributed by atoms with van der Waals surface area (Å²) in [6, 6.07) is 6.44. The molecular formula is C22H35IN6O2. The molecular weight excluding hydrogens is 507 g/mol. The number of nitrogens with zero attached hydrogens (tertiary/aromatic N) is 4. The zero-order valence-corrected chi connectivity index (χ0v) is 21.3. The smallest absolute Gasteiger partial charge is 0.191 e. The van der Waals surface area contributed by atoms with Gasteiger partial charge in [0.25, 0.3) is 0 Å². The van der Waals surface area contributed by atoms with Crippen LogP contribution in [0.4, 0.5) is 0 Å². The second kappa shape index (κ2) is 12.7. The molecule has 31 heavy (non-hydrogen) atoms. The summed E-state index contributed by atoms with van der Waals surface area (Å²) < 4.78 is 13.0. The van der Waals surface area contributed by atoms with Gasteiger partial charge in [0.15, 0.2) is 17.5 Å². The predicted molar refractivity (Wildman–Crippen MR) is 134 cm³/mol. The standard InChI is InChI=1S/C22H34N6O2.HI/c1-5-23-22(26-18-10-12-21-25-16(3)27-28(21)15-18)24-13-7-8-17-9-11-19(29-4)20(14-17)30-6-2;/h9,11,14,18H,5-8,10,12-13,15H2,1-4H3,(H2,23,24,26);1H. The molecule has 0 saturated heterocycles. The first-order chi connectivity index (χ1) is 14.6. The van der Waals surface area contributed by atoms with Crippen LogP contribution in [-0.4, -0.2) is 53.6 Å². The quantitative estimate of drug-likeness (QED) is 0.219. The van der Waals surface area contributed by atoms with E-state index in [9.17, 15) is 0 Å². The molecule has 1 aromatic carbocycles. The molecule has 2 N–H and O–H groups in total. The number of ether oxygens (including phenoxy) is 2. The molecule has 172 valence electrons. The van der Waals surface area contributed by atoms with Crippen molar-refractivity contribution in [1.82, 2.24) is 25.4 Å². The lowest BCUT2D eigenvalue weighted by Gasteiger charge is -2.25. The Kier molecular flexibility index (Phi) is 10.4. The third kappa shape index (κ3) is 7.26. The summed E-state index contributed by atoms with van der Waals surface area (Å²) in [5.41, 5.74) is 1.23. The molecule has 0 radical (unpaired) electrons. The van der Waals surface area contributed by atoms with Gasteiger partial charge in [0.05, 0.1) is 20.3 Å². The Balaban J connectivity index is 0.00000341. The van der Waals surface area contributed by atoms with Crippen LogP contribution in [0.15, 0.2) is 23.2 Å². The van der Waals surface area contributed by atoms with Crippen LogP contribution in [0.3, 0.4) is 0 Å². The maximum absolute atomic E-state index is 5.67. The fourth-order valence-corrected chi connectivity index (χ4v) is 3.68. The highest BCUT2D eigenvalue weighted by Crippen LogP contribution is 2.28. The van der Waals surface area contributed by atoms with E-state index in [4.69, 9.17) is 14.5 Å². The number of aromatic nitrogens is 3. The Hall–Kier alpha value is -2.04. The third-order valence-electron chi connectivity index (χ3n) is 5.07. The first kappa shape index (κ1) is 25.2. The zero-order valence-electron chi connectivity index (χ0n) is 19.0. The van der Waals surface area contributed by atoms with Gasteiger partial charge >= 0.3 is 0 Å². The summed E-state index contributed by atoms with van der Waals surface area (Å²) >= 11 is 0. The van der Waals surface area contributed by atoms with Crippen LogP contribution < -0.4 is 20.1 Å². The lowest BCUT2D eigenvalue weighted by molar-refractivity contribution is 0.310. The Labute approximate surface area is 202 Å². The van der Waals surface area contributed by atoms with E-state index in [1.54, 1.807) is 7.11 Å². The van der Waals surface area contributed by atoms with Gasteiger partial charge in [-0.1, -0.05) is 6.07 Å². The van der Waals surface area contributed by atoms with Crippen molar-refractivity contribution in [3.05, 3.63) is 35.4 Å². The average molecular weight is 542 g/mol. The van der Waals surface area contributed by atoms with E-state index in [-0.39, 0.29) is 24.0 Å². The Bertz CT molecular complexity index is 855. The lowest BCUT2D eigenvalue weighted by Crippen LogP contribution is -2.47. The van der Waals surface area contributed by atoms with Gasteiger partial charge in [0, 0.05) is 25.6 Å². The summed E-state index contributed by atoms with van der Waals surface area (Å²) in [6.45, 7) is 9.05. The van der Waals surface area contributed by atoms with Crippen molar-refractivity contribution in [2.75, 3.05) is 26.8 Å². The van der Waals surface area contributed by atoms with Crippen molar-refractivity contribution in [1.29, 1.82) is 0 Å². The molecule has 1 unspecified atom stereocenters. The van der Waals surface area contributed by atoms with Crippen molar-refractivity contribution < 1.29 is 9.47 Å². The summed E-state index contributed by atoms with van der Waals surface area (Å²) in [7, 11) is 1.67. The highest BCUT2D eigenvalue weighted by molar-refractivity contribution is 14.0. The Morgan fingerprint density at radius 2 is 2.13 bits per heavy atom. The number of hydrogen-bond donors (Lipinski definition) is 2. The van der Waals surface area contributed by atoms with Crippen LogP contribution in [0.1, 0.15) is 43.9 Å². The molecule has 2 aromatic rings. The van der Waals surface area contributed by atoms with Crippen LogP contribution in [0.2, 0.25) is 0 Å². The fraction of sp³-hybridized carbons (Fsp3) is 0.591. The molecule has 3 rings (SSSR count). The molecule has 9 heteroatoms. The Morgan fingerprint density at radius 3 is 2.87 bits per heavy atom. The molecule has 2 heterocycles. The minimum atomic E-state index is 0. The maximum Gasteiger partial charge on any atom is 0.191 e. The topological polar surface area (TPSA) is 85.6 Å². The number of hydrogen-bond acceptors (Lipinski definition) is 5. The monoisotopic (exact) mass is 542 g/mol. The summed E-state index contributed by atoms with van der Waals surface area (Å²) in [5.74, 6) is 4.37. The van der Waals surface area contributed by atoms with Crippen molar-refractivity contribution in [3.8, 4) is 11.5 Å². The number of benzene rings is 1. The number of aliphatic imine (C=N–C) groups is 1. The molecule has 0 aliphatic carbocycles. The first-order valence-corrected chi connectivity index (χ1v) is 10.9. The summed E-state index contributed by atoms with van der Waals surface area (Å²) in [6.07, 6.45) is 3.88. The number of aryl methyl sites for hydroxylation is 3. The highest BCUT2D eigenvalue weighted by Gasteiger charge is 2.21. The van der Waals surface area contributed by atoms with Gasteiger partial charge in [-0.25, -0.2) is 9.67 Å².